The monoisotopic (exact) mass is 344 g/mol. The lowest BCUT2D eigenvalue weighted by atomic mass is 10.1. The summed E-state index contributed by atoms with van der Waals surface area (Å²) in [5.41, 5.74) is 1.30. The van der Waals surface area contributed by atoms with E-state index in [4.69, 9.17) is 9.26 Å². The summed E-state index contributed by atoms with van der Waals surface area (Å²) in [7, 11) is 1.57. The van der Waals surface area contributed by atoms with Crippen molar-refractivity contribution in [2.24, 2.45) is 0 Å². The minimum absolute atomic E-state index is 0.0235. The van der Waals surface area contributed by atoms with Gasteiger partial charge in [0.15, 0.2) is 17.4 Å². The van der Waals surface area contributed by atoms with Crippen LogP contribution in [0.3, 0.4) is 0 Å². The van der Waals surface area contributed by atoms with Crippen LogP contribution in [0.25, 0.3) is 11.3 Å². The molecule has 1 amide bonds. The van der Waals surface area contributed by atoms with Crippen LogP contribution in [0.5, 0.6) is 5.75 Å². The predicted octanol–water partition coefficient (Wildman–Crippen LogP) is 3.56. The molecule has 0 aliphatic rings. The summed E-state index contributed by atoms with van der Waals surface area (Å²) < 4.78 is 36.5. The van der Waals surface area contributed by atoms with Crippen LogP contribution in [0.1, 0.15) is 16.1 Å². The van der Waals surface area contributed by atoms with E-state index >= 15 is 0 Å². The molecule has 0 aliphatic heterocycles. The van der Waals surface area contributed by atoms with E-state index in [1.54, 1.807) is 19.2 Å². The number of halogens is 2. The van der Waals surface area contributed by atoms with E-state index in [0.717, 1.165) is 17.7 Å². The maximum atomic E-state index is 13.2. The number of nitrogens with one attached hydrogen (secondary N) is 1. The zero-order valence-electron chi connectivity index (χ0n) is 13.3. The highest BCUT2D eigenvalue weighted by Gasteiger charge is 2.12. The van der Waals surface area contributed by atoms with Crippen molar-refractivity contribution < 1.29 is 22.8 Å². The van der Waals surface area contributed by atoms with E-state index in [2.05, 4.69) is 10.5 Å². The molecule has 0 unspecified atom stereocenters. The van der Waals surface area contributed by atoms with Crippen molar-refractivity contribution in [3.05, 3.63) is 71.4 Å². The average Bonchev–Trinajstić information content (AvgIpc) is 3.11. The van der Waals surface area contributed by atoms with Gasteiger partial charge in [0.05, 0.1) is 13.7 Å². The first-order valence-electron chi connectivity index (χ1n) is 7.40. The first kappa shape index (κ1) is 16.6. The molecular formula is C18H14F2N2O3. The van der Waals surface area contributed by atoms with E-state index < -0.39 is 17.5 Å². The zero-order valence-corrected chi connectivity index (χ0v) is 13.3. The van der Waals surface area contributed by atoms with E-state index in [9.17, 15) is 13.6 Å². The van der Waals surface area contributed by atoms with Crippen molar-refractivity contribution in [1.29, 1.82) is 0 Å². The van der Waals surface area contributed by atoms with Crippen LogP contribution in [0.4, 0.5) is 8.78 Å². The van der Waals surface area contributed by atoms with Gasteiger partial charge in [-0.3, -0.25) is 4.79 Å². The number of carbonyl (C=O) groups is 1. The number of benzene rings is 2. The predicted molar refractivity (Wildman–Crippen MR) is 86.0 cm³/mol. The first-order valence-corrected chi connectivity index (χ1v) is 7.40. The molecule has 0 bridgehead atoms. The molecule has 25 heavy (non-hydrogen) atoms. The summed E-state index contributed by atoms with van der Waals surface area (Å²) in [5.74, 6) is -1.41. The molecule has 7 heteroatoms. The summed E-state index contributed by atoms with van der Waals surface area (Å²) in [6.45, 7) is 0.0886. The quantitative estimate of drug-likeness (QED) is 0.769. The van der Waals surface area contributed by atoms with Crippen molar-refractivity contribution in [1.82, 2.24) is 10.5 Å². The molecule has 0 aliphatic carbocycles. The van der Waals surface area contributed by atoms with E-state index in [1.807, 2.05) is 18.2 Å². The summed E-state index contributed by atoms with van der Waals surface area (Å²) in [6.07, 6.45) is 0. The Labute approximate surface area is 142 Å². The third kappa shape index (κ3) is 3.82. The van der Waals surface area contributed by atoms with Crippen LogP contribution in [0, 0.1) is 11.6 Å². The Kier molecular flexibility index (Phi) is 4.74. The van der Waals surface area contributed by atoms with Crippen LogP contribution in [-0.4, -0.2) is 18.2 Å². The number of aromatic nitrogens is 1. The number of amides is 1. The third-order valence-corrected chi connectivity index (χ3v) is 3.53. The van der Waals surface area contributed by atoms with Crippen molar-refractivity contribution in [2.75, 3.05) is 7.11 Å². The summed E-state index contributed by atoms with van der Waals surface area (Å²) in [4.78, 5) is 12.0. The lowest BCUT2D eigenvalue weighted by Crippen LogP contribution is -2.23. The Morgan fingerprint density at radius 3 is 2.76 bits per heavy atom. The average molecular weight is 344 g/mol. The molecule has 3 rings (SSSR count). The minimum Gasteiger partial charge on any atom is -0.497 e. The molecule has 0 radical (unpaired) electrons. The summed E-state index contributed by atoms with van der Waals surface area (Å²) in [6, 6.07) is 11.9. The Hall–Kier alpha value is -3.22. The summed E-state index contributed by atoms with van der Waals surface area (Å²) in [5, 5.41) is 6.45. The highest BCUT2D eigenvalue weighted by atomic mass is 19.2. The molecule has 1 aromatic heterocycles. The van der Waals surface area contributed by atoms with Crippen LogP contribution in [0.2, 0.25) is 0 Å². The molecule has 1 N–H and O–H groups in total. The zero-order chi connectivity index (χ0) is 17.8. The molecule has 0 spiro atoms. The number of rotatable bonds is 5. The Morgan fingerprint density at radius 2 is 2.00 bits per heavy atom. The van der Waals surface area contributed by atoms with Crippen LogP contribution in [0.15, 0.2) is 53.1 Å². The van der Waals surface area contributed by atoms with Gasteiger partial charge in [-0.2, -0.15) is 0 Å². The van der Waals surface area contributed by atoms with Crippen molar-refractivity contribution >= 4 is 5.91 Å². The Morgan fingerprint density at radius 1 is 1.16 bits per heavy atom. The van der Waals surface area contributed by atoms with Crippen LogP contribution < -0.4 is 10.1 Å². The molecular weight excluding hydrogens is 330 g/mol. The topological polar surface area (TPSA) is 64.4 Å². The molecule has 2 aromatic carbocycles. The van der Waals surface area contributed by atoms with E-state index in [1.165, 1.54) is 6.07 Å². The minimum atomic E-state index is -1.07. The molecule has 1 heterocycles. The Balaban J connectivity index is 1.67. The lowest BCUT2D eigenvalue weighted by molar-refractivity contribution is 0.0949. The van der Waals surface area contributed by atoms with Gasteiger partial charge in [0, 0.05) is 17.2 Å². The fraction of sp³-hybridized carbons (Fsp3) is 0.111. The number of nitrogens with zero attached hydrogens (tertiary/aromatic N) is 1. The largest absolute Gasteiger partial charge is 0.497 e. The Bertz CT molecular complexity index is 909. The number of ether oxygens (including phenoxy) is 1. The van der Waals surface area contributed by atoms with Gasteiger partial charge in [-0.1, -0.05) is 17.3 Å². The number of hydrogen-bond acceptors (Lipinski definition) is 4. The maximum absolute atomic E-state index is 13.2. The number of hydrogen-bond donors (Lipinski definition) is 1. The lowest BCUT2D eigenvalue weighted by Gasteiger charge is -2.03. The third-order valence-electron chi connectivity index (χ3n) is 3.53. The van der Waals surface area contributed by atoms with Crippen LogP contribution >= 0.6 is 0 Å². The van der Waals surface area contributed by atoms with Crippen LogP contribution in [-0.2, 0) is 6.54 Å². The molecule has 0 fully saturated rings. The maximum Gasteiger partial charge on any atom is 0.251 e. The number of carbonyl (C=O) groups excluding carboxylic acids is 1. The first-order chi connectivity index (χ1) is 12.1. The summed E-state index contributed by atoms with van der Waals surface area (Å²) >= 11 is 0. The SMILES string of the molecule is COc1cccc(-c2cc(CNC(=O)c3ccc(F)c(F)c3)no2)c1. The van der Waals surface area contributed by atoms with Gasteiger partial charge in [0.25, 0.3) is 5.91 Å². The van der Waals surface area contributed by atoms with Crippen molar-refractivity contribution in [2.45, 2.75) is 6.54 Å². The second-order valence-electron chi connectivity index (χ2n) is 5.23. The molecule has 0 saturated carbocycles. The van der Waals surface area contributed by atoms with Gasteiger partial charge >= 0.3 is 0 Å². The second-order valence-corrected chi connectivity index (χ2v) is 5.23. The van der Waals surface area contributed by atoms with E-state index in [-0.39, 0.29) is 12.1 Å². The normalized spacial score (nSPS) is 10.5. The van der Waals surface area contributed by atoms with Crippen molar-refractivity contribution in [3.8, 4) is 17.1 Å². The fourth-order valence-electron chi connectivity index (χ4n) is 2.22. The van der Waals surface area contributed by atoms with Gasteiger partial charge < -0.3 is 14.6 Å². The second kappa shape index (κ2) is 7.12. The molecule has 3 aromatic rings. The van der Waals surface area contributed by atoms with Gasteiger partial charge in [-0.25, -0.2) is 8.78 Å². The molecule has 5 nitrogen and oxygen atoms in total. The molecule has 0 atom stereocenters. The van der Waals surface area contributed by atoms with Gasteiger partial charge in [0.1, 0.15) is 11.4 Å². The number of methoxy groups -OCH3 is 1. The highest BCUT2D eigenvalue weighted by Crippen LogP contribution is 2.24. The standard InChI is InChI=1S/C18H14F2N2O3/c1-24-14-4-2-3-11(7-14)17-9-13(22-25-17)10-21-18(23)12-5-6-15(19)16(20)8-12/h2-9H,10H2,1H3,(H,21,23). The highest BCUT2D eigenvalue weighted by molar-refractivity contribution is 5.94. The van der Waals surface area contributed by atoms with Gasteiger partial charge in [-0.05, 0) is 30.3 Å². The smallest absolute Gasteiger partial charge is 0.251 e. The molecule has 0 saturated heterocycles. The fourth-order valence-corrected chi connectivity index (χ4v) is 2.22. The van der Waals surface area contributed by atoms with Gasteiger partial charge in [-0.15, -0.1) is 0 Å². The van der Waals surface area contributed by atoms with Crippen molar-refractivity contribution in [3.63, 3.8) is 0 Å². The molecule has 128 valence electrons. The van der Waals surface area contributed by atoms with Gasteiger partial charge in [0.2, 0.25) is 0 Å². The van der Waals surface area contributed by atoms with E-state index in [0.29, 0.717) is 17.2 Å².